The summed E-state index contributed by atoms with van der Waals surface area (Å²) in [5.74, 6) is 0.562. The average molecular weight is 279 g/mol. The summed E-state index contributed by atoms with van der Waals surface area (Å²) < 4.78 is 0. The van der Waals surface area contributed by atoms with Crippen molar-refractivity contribution >= 4 is 34.7 Å². The molecule has 0 saturated heterocycles. The first-order chi connectivity index (χ1) is 8.61. The number of aromatic nitrogens is 2. The first kappa shape index (κ1) is 12.6. The van der Waals surface area contributed by atoms with Crippen LogP contribution in [0.1, 0.15) is 11.1 Å². The number of halogens is 2. The fraction of sp³-hybridized carbons (Fsp3) is 0.0833. The van der Waals surface area contributed by atoms with Crippen LogP contribution in [0.3, 0.4) is 0 Å². The molecular weight excluding hydrogens is 271 g/mol. The second-order valence-electron chi connectivity index (χ2n) is 3.57. The van der Waals surface area contributed by atoms with Gasteiger partial charge in [0.15, 0.2) is 0 Å². The van der Waals surface area contributed by atoms with E-state index < -0.39 is 0 Å². The molecule has 2 rings (SSSR count). The Balaban J connectivity index is 2.40. The van der Waals surface area contributed by atoms with E-state index in [9.17, 15) is 0 Å². The van der Waals surface area contributed by atoms with Crippen LogP contribution >= 0.6 is 23.2 Å². The van der Waals surface area contributed by atoms with Gasteiger partial charge in [-0.15, -0.1) is 0 Å². The number of anilines is 2. The maximum Gasteiger partial charge on any atom is 0.138 e. The second kappa shape index (κ2) is 5.21. The van der Waals surface area contributed by atoms with E-state index in [1.54, 1.807) is 25.1 Å². The SMILES string of the molecule is Cc1c(Cl)ncnc1Nc1cc(C#N)ccc1Cl. The van der Waals surface area contributed by atoms with E-state index in [4.69, 9.17) is 28.5 Å². The molecule has 0 atom stereocenters. The lowest BCUT2D eigenvalue weighted by Gasteiger charge is -2.10. The Hall–Kier alpha value is -1.83. The third kappa shape index (κ3) is 2.53. The number of benzene rings is 1. The van der Waals surface area contributed by atoms with Crippen molar-refractivity contribution < 1.29 is 0 Å². The van der Waals surface area contributed by atoms with Crippen molar-refractivity contribution in [2.75, 3.05) is 5.32 Å². The quantitative estimate of drug-likeness (QED) is 0.851. The van der Waals surface area contributed by atoms with Crippen molar-refractivity contribution in [3.8, 4) is 6.07 Å². The molecule has 4 nitrogen and oxygen atoms in total. The molecule has 1 N–H and O–H groups in total. The molecule has 0 fully saturated rings. The van der Waals surface area contributed by atoms with Crippen molar-refractivity contribution in [3.05, 3.63) is 45.8 Å². The Labute approximate surface area is 114 Å². The number of rotatable bonds is 2. The minimum atomic E-state index is 0.375. The van der Waals surface area contributed by atoms with Gasteiger partial charge in [0.1, 0.15) is 17.3 Å². The largest absolute Gasteiger partial charge is 0.339 e. The van der Waals surface area contributed by atoms with Crippen molar-refractivity contribution in [3.63, 3.8) is 0 Å². The van der Waals surface area contributed by atoms with E-state index in [1.807, 2.05) is 6.07 Å². The summed E-state index contributed by atoms with van der Waals surface area (Å²) >= 11 is 11.9. The van der Waals surface area contributed by atoms with Gasteiger partial charge in [0.25, 0.3) is 0 Å². The Morgan fingerprint density at radius 3 is 2.78 bits per heavy atom. The van der Waals surface area contributed by atoms with E-state index in [0.29, 0.717) is 27.2 Å². The summed E-state index contributed by atoms with van der Waals surface area (Å²) in [5.41, 5.74) is 1.84. The van der Waals surface area contributed by atoms with Crippen LogP contribution in [0.5, 0.6) is 0 Å². The van der Waals surface area contributed by atoms with Gasteiger partial charge in [-0.1, -0.05) is 23.2 Å². The van der Waals surface area contributed by atoms with Crippen molar-refractivity contribution in [1.82, 2.24) is 9.97 Å². The molecule has 0 aliphatic carbocycles. The van der Waals surface area contributed by atoms with Gasteiger partial charge in [0, 0.05) is 5.56 Å². The van der Waals surface area contributed by atoms with E-state index in [-0.39, 0.29) is 0 Å². The maximum atomic E-state index is 8.85. The average Bonchev–Trinajstić information content (AvgIpc) is 2.37. The molecule has 6 heteroatoms. The molecule has 0 bridgehead atoms. The van der Waals surface area contributed by atoms with Crippen LogP contribution < -0.4 is 5.32 Å². The first-order valence-corrected chi connectivity index (χ1v) is 5.81. The number of nitrogens with one attached hydrogen (secondary N) is 1. The highest BCUT2D eigenvalue weighted by molar-refractivity contribution is 6.33. The minimum absolute atomic E-state index is 0.375. The Morgan fingerprint density at radius 2 is 2.06 bits per heavy atom. The normalized spacial score (nSPS) is 9.89. The predicted molar refractivity (Wildman–Crippen MR) is 71.2 cm³/mol. The summed E-state index contributed by atoms with van der Waals surface area (Å²) in [6, 6.07) is 7.00. The molecule has 90 valence electrons. The van der Waals surface area contributed by atoms with Crippen LogP contribution in [-0.2, 0) is 0 Å². The molecule has 1 aromatic carbocycles. The van der Waals surface area contributed by atoms with Crippen LogP contribution in [0.15, 0.2) is 24.5 Å². The Morgan fingerprint density at radius 1 is 1.28 bits per heavy atom. The molecule has 1 aromatic heterocycles. The van der Waals surface area contributed by atoms with E-state index in [2.05, 4.69) is 15.3 Å². The monoisotopic (exact) mass is 278 g/mol. The Kier molecular flexibility index (Phi) is 3.66. The van der Waals surface area contributed by atoms with E-state index in [0.717, 1.165) is 5.56 Å². The fourth-order valence-electron chi connectivity index (χ4n) is 1.37. The topological polar surface area (TPSA) is 61.6 Å². The number of nitriles is 1. The smallest absolute Gasteiger partial charge is 0.138 e. The summed E-state index contributed by atoms with van der Waals surface area (Å²) in [6.45, 7) is 1.80. The predicted octanol–water partition coefficient (Wildman–Crippen LogP) is 3.71. The third-order valence-electron chi connectivity index (χ3n) is 2.37. The van der Waals surface area contributed by atoms with Gasteiger partial charge in [-0.25, -0.2) is 9.97 Å². The zero-order valence-electron chi connectivity index (χ0n) is 9.41. The van der Waals surface area contributed by atoms with E-state index >= 15 is 0 Å². The van der Waals surface area contributed by atoms with Crippen LogP contribution in [0.4, 0.5) is 11.5 Å². The molecule has 0 amide bonds. The second-order valence-corrected chi connectivity index (χ2v) is 4.33. The highest BCUT2D eigenvalue weighted by atomic mass is 35.5. The van der Waals surface area contributed by atoms with Crippen LogP contribution in [-0.4, -0.2) is 9.97 Å². The van der Waals surface area contributed by atoms with Gasteiger partial charge < -0.3 is 5.32 Å². The van der Waals surface area contributed by atoms with Crippen molar-refractivity contribution in [2.45, 2.75) is 6.92 Å². The van der Waals surface area contributed by atoms with Gasteiger partial charge in [-0.05, 0) is 25.1 Å². The zero-order chi connectivity index (χ0) is 13.1. The standard InChI is InChI=1S/C12H8Cl2N4/c1-7-11(14)16-6-17-12(7)18-10-4-8(5-15)2-3-9(10)13/h2-4,6H,1H3,(H,16,17,18). The highest BCUT2D eigenvalue weighted by Gasteiger charge is 2.08. The van der Waals surface area contributed by atoms with Crippen molar-refractivity contribution in [1.29, 1.82) is 5.26 Å². The van der Waals surface area contributed by atoms with Gasteiger partial charge in [-0.2, -0.15) is 5.26 Å². The molecule has 18 heavy (non-hydrogen) atoms. The van der Waals surface area contributed by atoms with Gasteiger partial charge in [0.2, 0.25) is 0 Å². The fourth-order valence-corrected chi connectivity index (χ4v) is 1.67. The highest BCUT2D eigenvalue weighted by Crippen LogP contribution is 2.28. The van der Waals surface area contributed by atoms with Gasteiger partial charge in [-0.3, -0.25) is 0 Å². The lowest BCUT2D eigenvalue weighted by molar-refractivity contribution is 1.13. The molecule has 0 aliphatic rings. The number of hydrogen-bond donors (Lipinski definition) is 1. The zero-order valence-corrected chi connectivity index (χ0v) is 10.9. The third-order valence-corrected chi connectivity index (χ3v) is 3.08. The summed E-state index contributed by atoms with van der Waals surface area (Å²) in [7, 11) is 0. The molecule has 0 spiro atoms. The minimum Gasteiger partial charge on any atom is -0.339 e. The molecule has 0 radical (unpaired) electrons. The molecule has 0 aliphatic heterocycles. The van der Waals surface area contributed by atoms with Crippen LogP contribution in [0.2, 0.25) is 10.2 Å². The lowest BCUT2D eigenvalue weighted by atomic mass is 10.2. The summed E-state index contributed by atoms with van der Waals surface area (Å²) in [6.07, 6.45) is 1.36. The molecule has 0 unspecified atom stereocenters. The molecule has 1 heterocycles. The maximum absolute atomic E-state index is 8.85. The molecule has 0 saturated carbocycles. The van der Waals surface area contributed by atoms with Crippen LogP contribution in [0.25, 0.3) is 0 Å². The van der Waals surface area contributed by atoms with Gasteiger partial charge in [0.05, 0.1) is 22.3 Å². The number of hydrogen-bond acceptors (Lipinski definition) is 4. The molecule has 2 aromatic rings. The van der Waals surface area contributed by atoms with Gasteiger partial charge >= 0.3 is 0 Å². The van der Waals surface area contributed by atoms with E-state index in [1.165, 1.54) is 6.33 Å². The number of nitrogens with zero attached hydrogens (tertiary/aromatic N) is 3. The van der Waals surface area contributed by atoms with Crippen LogP contribution in [0, 0.1) is 18.3 Å². The lowest BCUT2D eigenvalue weighted by Crippen LogP contribution is -1.99. The molecular formula is C12H8Cl2N4. The van der Waals surface area contributed by atoms with Crippen molar-refractivity contribution in [2.24, 2.45) is 0 Å². The first-order valence-electron chi connectivity index (χ1n) is 5.05. The summed E-state index contributed by atoms with van der Waals surface area (Å²) in [4.78, 5) is 7.95. The summed E-state index contributed by atoms with van der Waals surface area (Å²) in [5, 5.41) is 12.8. The Bertz CT molecular complexity index is 634.